The number of alkyl halides is 9. The number of ether oxygens (including phenoxy) is 3. The summed E-state index contributed by atoms with van der Waals surface area (Å²) >= 11 is 20.2. The number of rotatable bonds is 18. The van der Waals surface area contributed by atoms with Crippen LogP contribution in [0.1, 0.15) is 59.7 Å². The molecule has 6 aliphatic heterocycles. The van der Waals surface area contributed by atoms with Crippen LogP contribution in [0.3, 0.4) is 0 Å². The van der Waals surface area contributed by atoms with Crippen LogP contribution in [0.4, 0.5) is 83.3 Å². The highest BCUT2D eigenvalue weighted by Gasteiger charge is 2.45. The van der Waals surface area contributed by atoms with Crippen molar-refractivity contribution in [1.82, 2.24) is 68.1 Å². The molecule has 3 saturated heterocycles. The Morgan fingerprint density at radius 2 is 0.763 bits per heavy atom. The lowest BCUT2D eigenvalue weighted by Crippen LogP contribution is -2.58. The van der Waals surface area contributed by atoms with Gasteiger partial charge in [-0.15, -0.1) is 5.10 Å². The predicted octanol–water partition coefficient (Wildman–Crippen LogP) is 14.8. The van der Waals surface area contributed by atoms with Crippen molar-refractivity contribution >= 4 is 103 Å². The molecule has 3 unspecified atom stereocenters. The molecule has 10 heterocycles. The number of piperazine rings is 3. The molecule has 0 saturated carbocycles. The van der Waals surface area contributed by atoms with Crippen LogP contribution >= 0.6 is 34.8 Å². The number of aromatic nitrogens is 9. The van der Waals surface area contributed by atoms with Crippen molar-refractivity contribution in [3.05, 3.63) is 205 Å². The Balaban J connectivity index is 0.000000159. The summed E-state index contributed by atoms with van der Waals surface area (Å²) in [6.07, 6.45) is -7.56. The fraction of sp³-hybridized carbons (Fsp3) is 0.391. The number of halogens is 18. The first-order valence-electron chi connectivity index (χ1n) is 40.9. The van der Waals surface area contributed by atoms with E-state index < -0.39 is 133 Å². The van der Waals surface area contributed by atoms with Crippen molar-refractivity contribution in [3.8, 4) is 50.6 Å². The third kappa shape index (κ3) is 19.4. The summed E-state index contributed by atoms with van der Waals surface area (Å²) in [5.41, 5.74) is -1.89. The van der Waals surface area contributed by atoms with E-state index in [1.807, 2.05) is 37.5 Å². The molecule has 6 aromatic carbocycles. The Hall–Kier alpha value is -12.0. The Labute approximate surface area is 751 Å². The van der Waals surface area contributed by atoms with Gasteiger partial charge in [0.2, 0.25) is 17.7 Å². The summed E-state index contributed by atoms with van der Waals surface area (Å²) in [5, 5.41) is 8.97. The van der Waals surface area contributed by atoms with Crippen molar-refractivity contribution in [2.45, 2.75) is 121 Å². The number of hydrogen-bond acceptors (Lipinski definition) is 19. The molecule has 0 radical (unpaired) electrons. The summed E-state index contributed by atoms with van der Waals surface area (Å²) < 4.78 is 229. The second kappa shape index (κ2) is 37.4. The third-order valence-electron chi connectivity index (χ3n) is 23.5. The Kier molecular flexibility index (Phi) is 27.1. The zero-order valence-corrected chi connectivity index (χ0v) is 73.1. The van der Waals surface area contributed by atoms with Crippen LogP contribution < -0.4 is 46.0 Å². The second-order valence-corrected chi connectivity index (χ2v) is 34.1. The summed E-state index contributed by atoms with van der Waals surface area (Å²) in [6.45, 7) is 16.8. The standard InChI is InChI=1S/C30H28ClF8N5O3.C29H29ClF5N5O3.C28H26ClF2N7O3/c1-4-23(45)42-9-16(3)43(10-15(42)2)27-20-8-21(31)24(19-6-5-17(32)7-22(19)33)26-25(20)44(28(46)40-27)18(12-47-26)11-41(13-29(34,35)36)14-30(37,38)39;1-5-23(41)38-10-16(3)39(11-15(38)2)27-20-9-21(30)24(19-7-6-17(31)8-22(19)32)26-25(20)40(28(42)36-27)18(13-43-26)12-37(4)14-29(33,34)35;1-4-23(39)36-11-16(3)37(12-15(36)2)27-20-10-21(29)24(19-6-5-17(30)9-22(19)31)26-25(20)38(28(40)33-27)18(14-41-26)13-35-8-7-32-34-35/h4-8,15-16,18H,1,9-14H2,2-3H3;5-9,15-16,18H,1,10-14H2,2-4H3;4-10,15-16,18H,1,11-14H2,2-3H3/t3*15-,16+,18?/m111/s1. The largest absolute Gasteiger partial charge is 0.488 e. The van der Waals surface area contributed by atoms with Crippen molar-refractivity contribution in [2.24, 2.45) is 0 Å². The highest BCUT2D eigenvalue weighted by atomic mass is 35.5. The summed E-state index contributed by atoms with van der Waals surface area (Å²) in [6, 6.07) is 8.68. The summed E-state index contributed by atoms with van der Waals surface area (Å²) in [4.78, 5) is 103. The summed E-state index contributed by atoms with van der Waals surface area (Å²) in [7, 11) is 1.28. The van der Waals surface area contributed by atoms with Gasteiger partial charge in [-0.3, -0.25) is 42.6 Å². The maximum absolute atomic E-state index is 15.1. The predicted molar refractivity (Wildman–Crippen MR) is 459 cm³/mol. The van der Waals surface area contributed by atoms with Gasteiger partial charge in [-0.05, 0) is 121 Å². The van der Waals surface area contributed by atoms with Crippen molar-refractivity contribution in [3.63, 3.8) is 0 Å². The molecule has 10 aromatic rings. The quantitative estimate of drug-likeness (QED) is 0.0573. The maximum Gasteiger partial charge on any atom is 0.401 e. The molecule has 0 bridgehead atoms. The summed E-state index contributed by atoms with van der Waals surface area (Å²) in [5.74, 6) is -5.20. The van der Waals surface area contributed by atoms with Crippen LogP contribution in [-0.4, -0.2) is 240 Å². The van der Waals surface area contributed by atoms with E-state index in [0.29, 0.717) is 60.4 Å². The van der Waals surface area contributed by atoms with Crippen LogP contribution in [0, 0.1) is 34.9 Å². The number of amides is 3. The first-order valence-corrected chi connectivity index (χ1v) is 42.0. The van der Waals surface area contributed by atoms with Gasteiger partial charge < -0.3 is 43.6 Å². The normalized spacial score (nSPS) is 20.3. The van der Waals surface area contributed by atoms with Gasteiger partial charge in [-0.2, -0.15) is 54.5 Å². The Morgan fingerprint density at radius 1 is 0.450 bits per heavy atom. The number of carbonyl (C=O) groups excluding carboxylic acids is 3. The van der Waals surface area contributed by atoms with E-state index in [0.717, 1.165) is 39.8 Å². The number of benzene rings is 6. The van der Waals surface area contributed by atoms with E-state index in [2.05, 4.69) is 45.0 Å². The third-order valence-corrected chi connectivity index (χ3v) is 24.4. The molecule has 16 rings (SSSR count). The van der Waals surface area contributed by atoms with Crippen molar-refractivity contribution in [1.29, 1.82) is 0 Å². The number of likely N-dealkylation sites (N-methyl/N-ethyl adjacent to an activating group) is 1. The molecular formula is C87H83Cl3F15N17O9. The molecular weight excluding hydrogens is 1820 g/mol. The van der Waals surface area contributed by atoms with Crippen LogP contribution in [0.2, 0.25) is 15.1 Å². The molecule has 26 nitrogen and oxygen atoms in total. The van der Waals surface area contributed by atoms with E-state index in [-0.39, 0.29) is 180 Å². The molecule has 44 heteroatoms. The van der Waals surface area contributed by atoms with Gasteiger partial charge in [0.05, 0.1) is 82.1 Å². The molecule has 9 atom stereocenters. The number of carbonyl (C=O) groups is 3. The average molecular weight is 1900 g/mol. The van der Waals surface area contributed by atoms with Gasteiger partial charge in [0.1, 0.15) is 72.2 Å². The minimum Gasteiger partial charge on any atom is -0.488 e. The van der Waals surface area contributed by atoms with Crippen LogP contribution in [0.5, 0.6) is 17.2 Å². The van der Waals surface area contributed by atoms with Crippen molar-refractivity contribution < 1.29 is 94.5 Å². The van der Waals surface area contributed by atoms with Crippen molar-refractivity contribution in [2.75, 3.05) is 114 Å². The number of nitrogens with zero attached hydrogens (tertiary/aromatic N) is 17. The molecule has 0 spiro atoms. The van der Waals surface area contributed by atoms with E-state index in [9.17, 15) is 81.5 Å². The molecule has 0 N–H and O–H groups in total. The highest BCUT2D eigenvalue weighted by molar-refractivity contribution is 6.36. The molecule has 3 fully saturated rings. The first kappa shape index (κ1) is 95.1. The van der Waals surface area contributed by atoms with Gasteiger partial charge >= 0.3 is 35.6 Å². The molecule has 0 aliphatic carbocycles. The van der Waals surface area contributed by atoms with E-state index in [4.69, 9.17) is 49.0 Å². The zero-order chi connectivity index (χ0) is 95.0. The van der Waals surface area contributed by atoms with Gasteiger partial charge in [-0.1, -0.05) is 59.8 Å². The minimum absolute atomic E-state index is 0.0321. The van der Waals surface area contributed by atoms with E-state index in [1.54, 1.807) is 50.4 Å². The Bertz CT molecular complexity index is 6370. The van der Waals surface area contributed by atoms with Gasteiger partial charge in [0.25, 0.3) is 0 Å². The lowest BCUT2D eigenvalue weighted by atomic mass is 9.99. The topological polar surface area (TPSA) is 240 Å². The highest BCUT2D eigenvalue weighted by Crippen LogP contribution is 2.52. The van der Waals surface area contributed by atoms with Crippen LogP contribution in [0.15, 0.2) is 138 Å². The number of hydrogen-bond donors (Lipinski definition) is 0. The fourth-order valence-corrected chi connectivity index (χ4v) is 18.8. The Morgan fingerprint density at radius 3 is 1.06 bits per heavy atom. The molecule has 131 heavy (non-hydrogen) atoms. The SMILES string of the molecule is C=CC(=O)N1C[C@H](C)N(c2nc(=O)n3c4c(c(-c5ccc(F)cc5F)c(Cl)cc24)OCC3CN(C)CC(F)(F)F)C[C@H]1C.C=CC(=O)N1C[C@H](C)N(c2nc(=O)n3c4c(c(-c5ccc(F)cc5F)c(Cl)cc24)OCC3CN(CC(F)(F)F)CC(F)(F)F)C[C@H]1C.C=CC(=O)N1C[C@H](C)N(c2nc(=O)n3c4c(c(-c5ccc(F)cc5F)c(Cl)cc24)OCC3Cn2ccnn2)C[C@H]1C. The molecule has 6 aliphatic rings. The lowest BCUT2D eigenvalue weighted by Gasteiger charge is -2.45. The fourth-order valence-electron chi connectivity index (χ4n) is 17.9. The molecule has 4 aromatic heterocycles. The lowest BCUT2D eigenvalue weighted by molar-refractivity contribution is -0.181. The van der Waals surface area contributed by atoms with Gasteiger partial charge in [0.15, 0.2) is 17.2 Å². The average Bonchev–Trinajstić information content (AvgIpc) is 0.889. The maximum atomic E-state index is 15.1. The van der Waals surface area contributed by atoms with Gasteiger partial charge in [-0.25, -0.2) is 40.7 Å². The monoisotopic (exact) mass is 1900 g/mol. The van der Waals surface area contributed by atoms with Crippen LogP contribution in [0.25, 0.3) is 66.1 Å². The van der Waals surface area contributed by atoms with Crippen LogP contribution in [-0.2, 0) is 20.9 Å². The van der Waals surface area contributed by atoms with E-state index in [1.165, 1.54) is 64.9 Å². The van der Waals surface area contributed by atoms with Gasteiger partial charge in [0, 0.05) is 163 Å². The first-order chi connectivity index (χ1) is 61.7. The smallest absolute Gasteiger partial charge is 0.401 e. The molecule has 3 amide bonds. The number of anilines is 3. The second-order valence-electron chi connectivity index (χ2n) is 32.9. The van der Waals surface area contributed by atoms with E-state index >= 15 is 13.2 Å². The molecule has 696 valence electrons. The minimum atomic E-state index is -5.00. The zero-order valence-electron chi connectivity index (χ0n) is 70.8.